The van der Waals surface area contributed by atoms with Crippen LogP contribution in [0, 0.1) is 0 Å². The highest BCUT2D eigenvalue weighted by Gasteiger charge is 1.87. The number of unbranched alkanes of at least 4 members (excludes halogenated alkanes) is 6. The Bertz CT molecular complexity index is 102. The lowest BCUT2D eigenvalue weighted by atomic mass is 10.1. The highest BCUT2D eigenvalue weighted by molar-refractivity contribution is 4.72. The summed E-state index contributed by atoms with van der Waals surface area (Å²) >= 11 is 0. The average Bonchev–Trinajstić information content (AvgIpc) is 2.10. The first-order chi connectivity index (χ1) is 5.91. The van der Waals surface area contributed by atoms with Gasteiger partial charge in [0.15, 0.2) is 0 Å². The molecule has 12 heavy (non-hydrogen) atoms. The molecule has 0 bridgehead atoms. The summed E-state index contributed by atoms with van der Waals surface area (Å²) in [4.78, 5) is 4.31. The Morgan fingerprint density at radius 3 is 2.42 bits per heavy atom. The molecule has 0 aliphatic carbocycles. The fourth-order valence-corrected chi connectivity index (χ4v) is 1.17. The Morgan fingerprint density at radius 2 is 1.75 bits per heavy atom. The molecule has 0 atom stereocenters. The van der Waals surface area contributed by atoms with E-state index in [2.05, 4.69) is 11.8 Å². The standard InChI is InChI=1S/C10H21NO/c1-2-3-4-5-6-7-8-9-10-12-11/h9-10H,2-8,11H2,1H3. The first kappa shape index (κ1) is 11.5. The minimum absolute atomic E-state index is 1.09. The molecule has 2 nitrogen and oxygen atoms in total. The van der Waals surface area contributed by atoms with Crippen molar-refractivity contribution >= 4 is 0 Å². The van der Waals surface area contributed by atoms with Crippen molar-refractivity contribution in [2.24, 2.45) is 5.90 Å². The van der Waals surface area contributed by atoms with E-state index in [-0.39, 0.29) is 0 Å². The van der Waals surface area contributed by atoms with Crippen LogP contribution in [-0.4, -0.2) is 0 Å². The summed E-state index contributed by atoms with van der Waals surface area (Å²) in [6.45, 7) is 2.24. The second-order valence-corrected chi connectivity index (χ2v) is 3.06. The first-order valence-electron chi connectivity index (χ1n) is 4.92. The van der Waals surface area contributed by atoms with Gasteiger partial charge in [-0.3, -0.25) is 0 Å². The van der Waals surface area contributed by atoms with Gasteiger partial charge < -0.3 is 4.84 Å². The summed E-state index contributed by atoms with van der Waals surface area (Å²) in [5.74, 6) is 4.82. The van der Waals surface area contributed by atoms with Crippen molar-refractivity contribution in [3.63, 3.8) is 0 Å². The molecule has 0 unspecified atom stereocenters. The quantitative estimate of drug-likeness (QED) is 0.346. The molecule has 2 N–H and O–H groups in total. The minimum atomic E-state index is 1.09. The molecule has 0 fully saturated rings. The predicted molar refractivity (Wildman–Crippen MR) is 52.4 cm³/mol. The minimum Gasteiger partial charge on any atom is -0.420 e. The largest absolute Gasteiger partial charge is 0.420 e. The second-order valence-electron chi connectivity index (χ2n) is 3.06. The zero-order valence-corrected chi connectivity index (χ0v) is 8.09. The molecule has 0 saturated carbocycles. The summed E-state index contributed by atoms with van der Waals surface area (Å²) < 4.78 is 0. The Hall–Kier alpha value is -0.500. The summed E-state index contributed by atoms with van der Waals surface area (Å²) in [6, 6.07) is 0. The Morgan fingerprint density at radius 1 is 1.08 bits per heavy atom. The molecule has 0 aromatic rings. The lowest BCUT2D eigenvalue weighted by Gasteiger charge is -1.97. The van der Waals surface area contributed by atoms with Crippen molar-refractivity contribution in [3.8, 4) is 0 Å². The highest BCUT2D eigenvalue weighted by Crippen LogP contribution is 2.06. The van der Waals surface area contributed by atoms with Gasteiger partial charge in [-0.05, 0) is 18.9 Å². The van der Waals surface area contributed by atoms with Crippen molar-refractivity contribution in [2.45, 2.75) is 51.9 Å². The van der Waals surface area contributed by atoms with E-state index < -0.39 is 0 Å². The molecule has 0 rings (SSSR count). The lowest BCUT2D eigenvalue weighted by Crippen LogP contribution is -1.87. The van der Waals surface area contributed by atoms with E-state index in [1.807, 2.05) is 6.08 Å². The van der Waals surface area contributed by atoms with Gasteiger partial charge in [0.25, 0.3) is 0 Å². The molecule has 0 amide bonds. The summed E-state index contributed by atoms with van der Waals surface area (Å²) in [5.41, 5.74) is 0. The van der Waals surface area contributed by atoms with Crippen LogP contribution < -0.4 is 5.90 Å². The molecule has 72 valence electrons. The summed E-state index contributed by atoms with van der Waals surface area (Å²) in [6.07, 6.45) is 12.6. The highest BCUT2D eigenvalue weighted by atomic mass is 16.6. The van der Waals surface area contributed by atoms with E-state index in [9.17, 15) is 0 Å². The van der Waals surface area contributed by atoms with Gasteiger partial charge in [0.2, 0.25) is 0 Å². The molecule has 0 saturated heterocycles. The maximum Gasteiger partial charge on any atom is 0.106 e. The zero-order chi connectivity index (χ0) is 9.07. The van der Waals surface area contributed by atoms with Gasteiger partial charge >= 0.3 is 0 Å². The van der Waals surface area contributed by atoms with E-state index in [1.165, 1.54) is 38.5 Å². The fraction of sp³-hybridized carbons (Fsp3) is 0.800. The van der Waals surface area contributed by atoms with Gasteiger partial charge in [-0.1, -0.05) is 39.0 Å². The van der Waals surface area contributed by atoms with Gasteiger partial charge in [0.1, 0.15) is 6.26 Å². The van der Waals surface area contributed by atoms with Crippen molar-refractivity contribution in [2.75, 3.05) is 0 Å². The molecule has 0 radical (unpaired) electrons. The molecular formula is C10H21NO. The van der Waals surface area contributed by atoms with E-state index >= 15 is 0 Å². The SMILES string of the molecule is CCCCCCCCC=CON. The molecule has 2 heteroatoms. The van der Waals surface area contributed by atoms with E-state index in [0.29, 0.717) is 0 Å². The van der Waals surface area contributed by atoms with E-state index in [4.69, 9.17) is 5.90 Å². The van der Waals surface area contributed by atoms with Crippen LogP contribution in [0.1, 0.15) is 51.9 Å². The number of nitrogens with two attached hydrogens (primary N) is 1. The van der Waals surface area contributed by atoms with Crippen LogP contribution in [0.25, 0.3) is 0 Å². The lowest BCUT2D eigenvalue weighted by molar-refractivity contribution is 0.260. The smallest absolute Gasteiger partial charge is 0.106 e. The Kier molecular flexibility index (Phi) is 10.1. The zero-order valence-electron chi connectivity index (χ0n) is 8.09. The van der Waals surface area contributed by atoms with Crippen LogP contribution in [-0.2, 0) is 4.84 Å². The maximum atomic E-state index is 4.82. The van der Waals surface area contributed by atoms with Gasteiger partial charge in [-0.2, -0.15) is 5.90 Å². The molecule has 0 aliphatic heterocycles. The Balaban J connectivity index is 2.86. The molecular weight excluding hydrogens is 150 g/mol. The van der Waals surface area contributed by atoms with Crippen molar-refractivity contribution < 1.29 is 4.84 Å². The van der Waals surface area contributed by atoms with Crippen molar-refractivity contribution in [1.82, 2.24) is 0 Å². The van der Waals surface area contributed by atoms with Crippen LogP contribution in [0.15, 0.2) is 12.3 Å². The van der Waals surface area contributed by atoms with Gasteiger partial charge in [0.05, 0.1) is 0 Å². The molecule has 0 aromatic heterocycles. The van der Waals surface area contributed by atoms with E-state index in [1.54, 1.807) is 6.26 Å². The van der Waals surface area contributed by atoms with Crippen LogP contribution in [0.4, 0.5) is 0 Å². The van der Waals surface area contributed by atoms with Crippen molar-refractivity contribution in [1.29, 1.82) is 0 Å². The predicted octanol–water partition coefficient (Wildman–Crippen LogP) is 3.14. The van der Waals surface area contributed by atoms with Gasteiger partial charge in [-0.25, -0.2) is 0 Å². The van der Waals surface area contributed by atoms with Crippen LogP contribution in [0.5, 0.6) is 0 Å². The van der Waals surface area contributed by atoms with Crippen LogP contribution in [0.2, 0.25) is 0 Å². The number of hydrogen-bond donors (Lipinski definition) is 1. The molecule has 0 heterocycles. The molecule has 0 aromatic carbocycles. The fourth-order valence-electron chi connectivity index (χ4n) is 1.17. The first-order valence-corrected chi connectivity index (χ1v) is 4.92. The topological polar surface area (TPSA) is 35.2 Å². The van der Waals surface area contributed by atoms with Gasteiger partial charge in [-0.15, -0.1) is 0 Å². The van der Waals surface area contributed by atoms with Crippen molar-refractivity contribution in [3.05, 3.63) is 12.3 Å². The third kappa shape index (κ3) is 9.50. The maximum absolute atomic E-state index is 4.82. The third-order valence-electron chi connectivity index (χ3n) is 1.90. The third-order valence-corrected chi connectivity index (χ3v) is 1.90. The van der Waals surface area contributed by atoms with E-state index in [0.717, 1.165) is 6.42 Å². The molecule has 0 spiro atoms. The number of rotatable bonds is 8. The number of hydrogen-bond acceptors (Lipinski definition) is 2. The number of allylic oxidation sites excluding steroid dienone is 1. The Labute approximate surface area is 75.7 Å². The monoisotopic (exact) mass is 171 g/mol. The average molecular weight is 171 g/mol. The van der Waals surface area contributed by atoms with Crippen LogP contribution >= 0.6 is 0 Å². The summed E-state index contributed by atoms with van der Waals surface area (Å²) in [7, 11) is 0. The normalized spacial score (nSPS) is 10.8. The molecule has 0 aliphatic rings. The van der Waals surface area contributed by atoms with Gasteiger partial charge in [0, 0.05) is 0 Å². The van der Waals surface area contributed by atoms with Crippen LogP contribution in [0.3, 0.4) is 0 Å². The summed E-state index contributed by atoms with van der Waals surface area (Å²) in [5, 5.41) is 0. The second kappa shape index (κ2) is 10.5.